The van der Waals surface area contributed by atoms with Crippen molar-refractivity contribution in [2.75, 3.05) is 5.32 Å². The molecule has 0 aliphatic heterocycles. The Hall–Kier alpha value is -3.05. The second-order valence-electron chi connectivity index (χ2n) is 6.97. The molecule has 2 heterocycles. The molecule has 2 amide bonds. The molecular weight excluding hydrogens is 440 g/mol. The minimum absolute atomic E-state index is 0.101. The van der Waals surface area contributed by atoms with Crippen LogP contribution in [0.15, 0.2) is 40.3 Å². The van der Waals surface area contributed by atoms with Gasteiger partial charge in [-0.15, -0.1) is 11.3 Å². The van der Waals surface area contributed by atoms with Crippen molar-refractivity contribution >= 4 is 49.1 Å². The number of hydrogen-bond acceptors (Lipinski definition) is 7. The van der Waals surface area contributed by atoms with Gasteiger partial charge in [-0.3, -0.25) is 19.0 Å². The average molecular weight is 463 g/mol. The van der Waals surface area contributed by atoms with E-state index in [1.807, 2.05) is 11.6 Å². The number of aromatic nitrogens is 2. The molecule has 0 spiro atoms. The Morgan fingerprint density at radius 3 is 2.48 bits per heavy atom. The lowest BCUT2D eigenvalue weighted by molar-refractivity contribution is -0.117. The molecular formula is C20H22N4O5S2. The summed E-state index contributed by atoms with van der Waals surface area (Å²) >= 11 is 1.13. The third-order valence-electron chi connectivity index (χ3n) is 4.58. The molecule has 0 aliphatic rings. The highest BCUT2D eigenvalue weighted by atomic mass is 32.2. The highest BCUT2D eigenvalue weighted by Gasteiger charge is 2.20. The number of carbonyl (C=O) groups excluding carboxylic acids is 2. The van der Waals surface area contributed by atoms with Gasteiger partial charge in [-0.05, 0) is 43.2 Å². The van der Waals surface area contributed by atoms with E-state index in [1.165, 1.54) is 30.6 Å². The van der Waals surface area contributed by atoms with Crippen molar-refractivity contribution in [1.29, 1.82) is 0 Å². The molecule has 0 saturated carbocycles. The number of unbranched alkanes of at least 4 members (excludes halogenated alkanes) is 1. The minimum atomic E-state index is -3.95. The molecule has 0 fully saturated rings. The van der Waals surface area contributed by atoms with E-state index in [2.05, 4.69) is 10.3 Å². The summed E-state index contributed by atoms with van der Waals surface area (Å²) in [5.74, 6) is -1.11. The Bertz CT molecular complexity index is 1310. The van der Waals surface area contributed by atoms with E-state index in [9.17, 15) is 22.8 Å². The maximum Gasteiger partial charge on any atom is 0.266 e. The molecule has 3 rings (SSSR count). The van der Waals surface area contributed by atoms with Crippen LogP contribution in [-0.2, 0) is 21.4 Å². The van der Waals surface area contributed by atoms with E-state index >= 15 is 0 Å². The molecule has 0 bridgehead atoms. The fourth-order valence-corrected chi connectivity index (χ4v) is 5.04. The van der Waals surface area contributed by atoms with Gasteiger partial charge in [-0.1, -0.05) is 13.3 Å². The largest absolute Gasteiger partial charge is 0.321 e. The lowest BCUT2D eigenvalue weighted by Gasteiger charge is -2.07. The predicted molar refractivity (Wildman–Crippen MR) is 119 cm³/mol. The van der Waals surface area contributed by atoms with E-state index in [0.717, 1.165) is 31.1 Å². The summed E-state index contributed by atoms with van der Waals surface area (Å²) in [6.45, 7) is 5.43. The summed E-state index contributed by atoms with van der Waals surface area (Å²) in [5.41, 5.74) is 0.765. The summed E-state index contributed by atoms with van der Waals surface area (Å²) in [4.78, 5) is 41.7. The monoisotopic (exact) mass is 462 g/mol. The second-order valence-corrected chi connectivity index (χ2v) is 9.65. The molecule has 11 heteroatoms. The van der Waals surface area contributed by atoms with Crippen molar-refractivity contribution in [1.82, 2.24) is 14.3 Å². The summed E-state index contributed by atoms with van der Waals surface area (Å²) < 4.78 is 27.5. The first kappa shape index (κ1) is 22.6. The number of rotatable bonds is 7. The second kappa shape index (κ2) is 8.98. The molecule has 0 unspecified atom stereocenters. The Balaban J connectivity index is 1.85. The predicted octanol–water partition coefficient (Wildman–Crippen LogP) is 2.64. The van der Waals surface area contributed by atoms with Gasteiger partial charge in [-0.25, -0.2) is 18.1 Å². The van der Waals surface area contributed by atoms with Crippen molar-refractivity contribution in [3.05, 3.63) is 51.4 Å². The van der Waals surface area contributed by atoms with Gasteiger partial charge in [0.15, 0.2) is 0 Å². The van der Waals surface area contributed by atoms with Crippen molar-refractivity contribution in [3.63, 3.8) is 0 Å². The smallest absolute Gasteiger partial charge is 0.266 e. The van der Waals surface area contributed by atoms with Crippen LogP contribution in [0.3, 0.4) is 0 Å². The highest BCUT2D eigenvalue weighted by Crippen LogP contribution is 2.28. The number of thiophene rings is 1. The molecule has 9 nitrogen and oxygen atoms in total. The standard InChI is InChI=1S/C20H22N4O5S2/c1-4-5-10-24-11-21-19-16(20(24)27)12(2)17(30-19)18(26)22-14-6-8-15(9-7-14)31(28,29)23-13(3)25/h6-9,11H,4-5,10H2,1-3H3,(H,22,26)(H,23,25). The SMILES string of the molecule is CCCCn1cnc2sc(C(=O)Nc3ccc(S(=O)(=O)NC(C)=O)cc3)c(C)c2c1=O. The number of amides is 2. The van der Waals surface area contributed by atoms with Gasteiger partial charge in [0, 0.05) is 19.2 Å². The van der Waals surface area contributed by atoms with Crippen molar-refractivity contribution in [3.8, 4) is 0 Å². The molecule has 3 aromatic rings. The van der Waals surface area contributed by atoms with E-state index in [0.29, 0.717) is 32.9 Å². The number of hydrogen-bond donors (Lipinski definition) is 2. The van der Waals surface area contributed by atoms with Gasteiger partial charge in [-0.2, -0.15) is 0 Å². The van der Waals surface area contributed by atoms with Gasteiger partial charge in [0.2, 0.25) is 5.91 Å². The Morgan fingerprint density at radius 2 is 1.87 bits per heavy atom. The summed E-state index contributed by atoms with van der Waals surface area (Å²) in [6.07, 6.45) is 3.31. The summed E-state index contributed by atoms with van der Waals surface area (Å²) in [7, 11) is -3.95. The quantitative estimate of drug-likeness (QED) is 0.556. The van der Waals surface area contributed by atoms with Crippen LogP contribution >= 0.6 is 11.3 Å². The van der Waals surface area contributed by atoms with Crippen LogP contribution in [0.25, 0.3) is 10.2 Å². The maximum absolute atomic E-state index is 12.8. The van der Waals surface area contributed by atoms with Crippen LogP contribution in [0.1, 0.15) is 41.9 Å². The zero-order valence-corrected chi connectivity index (χ0v) is 18.9. The van der Waals surface area contributed by atoms with Crippen LogP contribution in [0.2, 0.25) is 0 Å². The zero-order chi connectivity index (χ0) is 22.8. The lowest BCUT2D eigenvalue weighted by atomic mass is 10.2. The third kappa shape index (κ3) is 4.83. The number of carbonyl (C=O) groups is 2. The number of benzene rings is 1. The Morgan fingerprint density at radius 1 is 1.19 bits per heavy atom. The van der Waals surface area contributed by atoms with Gasteiger partial charge in [0.05, 0.1) is 21.5 Å². The molecule has 2 N–H and O–H groups in total. The van der Waals surface area contributed by atoms with E-state index < -0.39 is 21.8 Å². The Labute approximate surface area is 183 Å². The molecule has 0 aliphatic carbocycles. The van der Waals surface area contributed by atoms with E-state index in [4.69, 9.17) is 0 Å². The normalized spacial score (nSPS) is 11.5. The number of sulfonamides is 1. The van der Waals surface area contributed by atoms with Crippen LogP contribution < -0.4 is 15.6 Å². The molecule has 164 valence electrons. The van der Waals surface area contributed by atoms with E-state index in [1.54, 1.807) is 11.5 Å². The number of anilines is 1. The van der Waals surface area contributed by atoms with Crippen LogP contribution in [0.5, 0.6) is 0 Å². The molecule has 0 radical (unpaired) electrons. The maximum atomic E-state index is 12.8. The number of fused-ring (bicyclic) bond motifs is 1. The molecule has 2 aromatic heterocycles. The molecule has 0 atom stereocenters. The average Bonchev–Trinajstić information content (AvgIpc) is 3.04. The van der Waals surface area contributed by atoms with Crippen molar-refractivity contribution < 1.29 is 18.0 Å². The first-order valence-electron chi connectivity index (χ1n) is 9.57. The van der Waals surface area contributed by atoms with Crippen LogP contribution in [0.4, 0.5) is 5.69 Å². The van der Waals surface area contributed by atoms with Gasteiger partial charge in [0.1, 0.15) is 4.83 Å². The third-order valence-corrected chi connectivity index (χ3v) is 7.22. The van der Waals surface area contributed by atoms with E-state index in [-0.39, 0.29) is 10.5 Å². The zero-order valence-electron chi connectivity index (χ0n) is 17.3. The van der Waals surface area contributed by atoms with Crippen molar-refractivity contribution in [2.24, 2.45) is 0 Å². The van der Waals surface area contributed by atoms with Gasteiger partial charge < -0.3 is 5.32 Å². The summed E-state index contributed by atoms with van der Waals surface area (Å²) in [6, 6.07) is 5.41. The van der Waals surface area contributed by atoms with Gasteiger partial charge >= 0.3 is 0 Å². The first-order chi connectivity index (χ1) is 14.6. The number of nitrogens with one attached hydrogen (secondary N) is 2. The van der Waals surface area contributed by atoms with Crippen molar-refractivity contribution in [2.45, 2.75) is 45.1 Å². The topological polar surface area (TPSA) is 127 Å². The number of aryl methyl sites for hydroxylation is 2. The molecule has 1 aromatic carbocycles. The van der Waals surface area contributed by atoms with Crippen LogP contribution in [0, 0.1) is 6.92 Å². The lowest BCUT2D eigenvalue weighted by Crippen LogP contribution is -2.28. The molecule has 0 saturated heterocycles. The fraction of sp³-hybridized carbons (Fsp3) is 0.300. The van der Waals surface area contributed by atoms with Gasteiger partial charge in [0.25, 0.3) is 21.5 Å². The fourth-order valence-electron chi connectivity index (χ4n) is 3.02. The Kier molecular flexibility index (Phi) is 6.56. The number of nitrogens with zero attached hydrogens (tertiary/aromatic N) is 2. The minimum Gasteiger partial charge on any atom is -0.321 e. The molecule has 31 heavy (non-hydrogen) atoms. The van der Waals surface area contributed by atoms with Crippen LogP contribution in [-0.4, -0.2) is 29.8 Å². The first-order valence-corrected chi connectivity index (χ1v) is 11.9. The highest BCUT2D eigenvalue weighted by molar-refractivity contribution is 7.90. The summed E-state index contributed by atoms with van der Waals surface area (Å²) in [5, 5.41) is 3.14.